The SMILES string of the molecule is O=C(NCI)c1nc(Br)c2cccnc2c1O. The van der Waals surface area contributed by atoms with Gasteiger partial charge >= 0.3 is 0 Å². The number of hydrogen-bond donors (Lipinski definition) is 2. The maximum atomic E-state index is 11.7. The second kappa shape index (κ2) is 5.13. The van der Waals surface area contributed by atoms with Gasteiger partial charge in [-0.15, -0.1) is 0 Å². The Hall–Kier alpha value is -0.960. The van der Waals surface area contributed by atoms with Crippen molar-refractivity contribution in [3.8, 4) is 5.75 Å². The molecular formula is C10H7BrIN3O2. The number of halogens is 2. The number of rotatable bonds is 2. The third kappa shape index (κ3) is 2.34. The molecule has 2 N–H and O–H groups in total. The Balaban J connectivity index is 2.67. The van der Waals surface area contributed by atoms with Gasteiger partial charge in [-0.05, 0) is 28.1 Å². The Kier molecular flexibility index (Phi) is 3.77. The van der Waals surface area contributed by atoms with Crippen molar-refractivity contribution in [3.63, 3.8) is 0 Å². The van der Waals surface area contributed by atoms with Gasteiger partial charge in [-0.2, -0.15) is 0 Å². The number of hydrogen-bond acceptors (Lipinski definition) is 4. The molecule has 5 nitrogen and oxygen atoms in total. The fourth-order valence-electron chi connectivity index (χ4n) is 1.39. The van der Waals surface area contributed by atoms with E-state index in [1.807, 2.05) is 22.6 Å². The van der Waals surface area contributed by atoms with Gasteiger partial charge in [-0.25, -0.2) is 4.98 Å². The third-order valence-electron chi connectivity index (χ3n) is 2.13. The van der Waals surface area contributed by atoms with E-state index < -0.39 is 5.91 Å². The highest BCUT2D eigenvalue weighted by atomic mass is 127. The van der Waals surface area contributed by atoms with Crippen LogP contribution in [0.15, 0.2) is 22.9 Å². The molecular weight excluding hydrogens is 401 g/mol. The van der Waals surface area contributed by atoms with Crippen molar-refractivity contribution in [1.29, 1.82) is 0 Å². The van der Waals surface area contributed by atoms with Crippen LogP contribution in [-0.2, 0) is 0 Å². The van der Waals surface area contributed by atoms with Crippen LogP contribution < -0.4 is 5.32 Å². The van der Waals surface area contributed by atoms with E-state index in [1.54, 1.807) is 18.3 Å². The van der Waals surface area contributed by atoms with Crippen molar-refractivity contribution in [2.45, 2.75) is 0 Å². The summed E-state index contributed by atoms with van der Waals surface area (Å²) in [5.41, 5.74) is 0.327. The molecule has 0 radical (unpaired) electrons. The van der Waals surface area contributed by atoms with Crippen molar-refractivity contribution in [3.05, 3.63) is 28.6 Å². The van der Waals surface area contributed by atoms with Gasteiger partial charge in [0.2, 0.25) is 0 Å². The molecule has 0 aliphatic carbocycles. The summed E-state index contributed by atoms with van der Waals surface area (Å²) in [6.45, 7) is 0. The fourth-order valence-corrected chi connectivity index (χ4v) is 2.23. The standard InChI is InChI=1S/C10H7BrIN3O2/c11-9-5-2-1-3-13-6(5)8(16)7(15-9)10(17)14-4-12/h1-3,16H,4H2,(H,14,17). The number of carbonyl (C=O) groups is 1. The van der Waals surface area contributed by atoms with Crippen LogP contribution in [0.1, 0.15) is 10.5 Å². The molecule has 0 saturated carbocycles. The van der Waals surface area contributed by atoms with E-state index in [-0.39, 0.29) is 11.4 Å². The molecule has 0 aliphatic rings. The molecule has 2 rings (SSSR count). The van der Waals surface area contributed by atoms with Gasteiger partial charge in [0.05, 0.1) is 4.55 Å². The Bertz CT molecular complexity index is 591. The highest BCUT2D eigenvalue weighted by molar-refractivity contribution is 14.1. The minimum absolute atomic E-state index is 0.0280. The van der Waals surface area contributed by atoms with Crippen molar-refractivity contribution >= 4 is 55.3 Å². The lowest BCUT2D eigenvalue weighted by atomic mass is 10.2. The lowest BCUT2D eigenvalue weighted by molar-refractivity contribution is 0.0954. The number of aromatic hydroxyl groups is 1. The summed E-state index contributed by atoms with van der Waals surface area (Å²) in [5.74, 6) is -0.628. The second-order valence-corrected chi connectivity index (χ2v) is 4.65. The first-order chi connectivity index (χ1) is 8.15. The predicted octanol–water partition coefficient (Wildman–Crippen LogP) is 2.22. The molecule has 17 heavy (non-hydrogen) atoms. The maximum Gasteiger partial charge on any atom is 0.274 e. The monoisotopic (exact) mass is 407 g/mol. The summed E-state index contributed by atoms with van der Waals surface area (Å²) < 4.78 is 0.923. The quantitative estimate of drug-likeness (QED) is 0.346. The fraction of sp³-hybridized carbons (Fsp3) is 0.100. The van der Waals surface area contributed by atoms with Crippen molar-refractivity contribution in [1.82, 2.24) is 15.3 Å². The molecule has 1 amide bonds. The molecule has 0 aliphatic heterocycles. The summed E-state index contributed by atoms with van der Waals surface area (Å²) in [6, 6.07) is 3.50. The molecule has 0 aromatic carbocycles. The first kappa shape index (κ1) is 12.5. The minimum atomic E-state index is -0.426. The number of nitrogens with one attached hydrogen (secondary N) is 1. The lowest BCUT2D eigenvalue weighted by Crippen LogP contribution is -2.22. The molecule has 0 unspecified atom stereocenters. The van der Waals surface area contributed by atoms with E-state index >= 15 is 0 Å². The van der Waals surface area contributed by atoms with Gasteiger partial charge in [0.1, 0.15) is 10.1 Å². The number of nitrogens with zero attached hydrogens (tertiary/aromatic N) is 2. The van der Waals surface area contributed by atoms with Crippen molar-refractivity contribution < 1.29 is 9.90 Å². The summed E-state index contributed by atoms with van der Waals surface area (Å²) in [6.07, 6.45) is 1.55. The van der Waals surface area contributed by atoms with Crippen LogP contribution in [0.3, 0.4) is 0 Å². The van der Waals surface area contributed by atoms with Gasteiger partial charge < -0.3 is 10.4 Å². The molecule has 7 heteroatoms. The van der Waals surface area contributed by atoms with Crippen LogP contribution in [0.4, 0.5) is 0 Å². The van der Waals surface area contributed by atoms with Gasteiger partial charge in [0, 0.05) is 11.6 Å². The number of aromatic nitrogens is 2. The molecule has 2 aromatic heterocycles. The molecule has 0 fully saturated rings. The first-order valence-electron chi connectivity index (χ1n) is 4.62. The Morgan fingerprint density at radius 1 is 1.59 bits per heavy atom. The average molecular weight is 408 g/mol. The van der Waals surface area contributed by atoms with Crippen LogP contribution in [0.5, 0.6) is 5.75 Å². The van der Waals surface area contributed by atoms with Gasteiger partial charge in [0.15, 0.2) is 11.4 Å². The lowest BCUT2D eigenvalue weighted by Gasteiger charge is -2.07. The number of pyridine rings is 2. The molecule has 0 saturated heterocycles. The van der Waals surface area contributed by atoms with E-state index in [9.17, 15) is 9.90 Å². The first-order valence-corrected chi connectivity index (χ1v) is 6.94. The number of alkyl halides is 1. The van der Waals surface area contributed by atoms with E-state index in [0.29, 0.717) is 20.1 Å². The largest absolute Gasteiger partial charge is 0.504 e. The zero-order valence-corrected chi connectivity index (χ0v) is 12.2. The maximum absolute atomic E-state index is 11.7. The number of fused-ring (bicyclic) bond motifs is 1. The molecule has 0 atom stereocenters. The summed E-state index contributed by atoms with van der Waals surface area (Å²) in [7, 11) is 0. The predicted molar refractivity (Wildman–Crippen MR) is 75.3 cm³/mol. The Morgan fingerprint density at radius 3 is 3.06 bits per heavy atom. The van der Waals surface area contributed by atoms with Crippen LogP contribution in [-0.4, -0.2) is 25.5 Å². The Morgan fingerprint density at radius 2 is 2.35 bits per heavy atom. The normalized spacial score (nSPS) is 10.5. The molecule has 2 heterocycles. The average Bonchev–Trinajstić information content (AvgIpc) is 2.34. The van der Waals surface area contributed by atoms with E-state index in [0.717, 1.165) is 0 Å². The smallest absolute Gasteiger partial charge is 0.274 e. The van der Waals surface area contributed by atoms with Crippen molar-refractivity contribution in [2.75, 3.05) is 4.55 Å². The van der Waals surface area contributed by atoms with E-state index in [4.69, 9.17) is 0 Å². The molecule has 0 bridgehead atoms. The number of carbonyl (C=O) groups excluding carboxylic acids is 1. The topological polar surface area (TPSA) is 75.1 Å². The molecule has 2 aromatic rings. The molecule has 0 spiro atoms. The second-order valence-electron chi connectivity index (χ2n) is 3.14. The van der Waals surface area contributed by atoms with Gasteiger partial charge in [0.25, 0.3) is 5.91 Å². The third-order valence-corrected chi connectivity index (χ3v) is 3.12. The zero-order chi connectivity index (χ0) is 12.4. The summed E-state index contributed by atoms with van der Waals surface area (Å²) >= 11 is 5.26. The van der Waals surface area contributed by atoms with Crippen LogP contribution in [0, 0.1) is 0 Å². The molecule has 88 valence electrons. The Labute approximate surface area is 119 Å². The van der Waals surface area contributed by atoms with Crippen LogP contribution in [0.25, 0.3) is 10.9 Å². The summed E-state index contributed by atoms with van der Waals surface area (Å²) in [5, 5.41) is 13.2. The van der Waals surface area contributed by atoms with Crippen molar-refractivity contribution in [2.24, 2.45) is 0 Å². The van der Waals surface area contributed by atoms with E-state index in [2.05, 4.69) is 31.2 Å². The van der Waals surface area contributed by atoms with E-state index in [1.165, 1.54) is 0 Å². The number of amides is 1. The summed E-state index contributed by atoms with van der Waals surface area (Å²) in [4.78, 5) is 19.7. The van der Waals surface area contributed by atoms with Gasteiger partial charge in [-0.1, -0.05) is 22.6 Å². The van der Waals surface area contributed by atoms with Crippen LogP contribution >= 0.6 is 38.5 Å². The zero-order valence-electron chi connectivity index (χ0n) is 8.44. The highest BCUT2D eigenvalue weighted by Crippen LogP contribution is 2.30. The van der Waals surface area contributed by atoms with Gasteiger partial charge in [-0.3, -0.25) is 9.78 Å². The highest BCUT2D eigenvalue weighted by Gasteiger charge is 2.18. The van der Waals surface area contributed by atoms with Crippen LogP contribution in [0.2, 0.25) is 0 Å². The minimum Gasteiger partial charge on any atom is -0.504 e.